The summed E-state index contributed by atoms with van der Waals surface area (Å²) in [5.74, 6) is 1.01. The number of Topliss-reactive ketones (excluding diaryl/α,β-unsaturated/α-hetero) is 1. The van der Waals surface area contributed by atoms with Crippen molar-refractivity contribution in [1.82, 2.24) is 0 Å². The van der Waals surface area contributed by atoms with Crippen LogP contribution >= 0.6 is 0 Å². The number of carbonyl (C=O) groups excluding carboxylic acids is 1. The molecule has 0 aromatic heterocycles. The Balaban J connectivity index is 1.84. The molecular weight excluding hydrogens is 384 g/mol. The molecule has 2 atom stereocenters. The Morgan fingerprint density at radius 1 is 1.03 bits per heavy atom. The van der Waals surface area contributed by atoms with Gasteiger partial charge in [-0.05, 0) is 46.9 Å². The van der Waals surface area contributed by atoms with Gasteiger partial charge in [-0.15, -0.1) is 0 Å². The quantitative estimate of drug-likeness (QED) is 0.433. The van der Waals surface area contributed by atoms with Crippen molar-refractivity contribution in [3.63, 3.8) is 0 Å². The van der Waals surface area contributed by atoms with Crippen LogP contribution in [0, 0.1) is 0 Å². The van der Waals surface area contributed by atoms with Crippen LogP contribution in [0.5, 0.6) is 5.75 Å². The maximum absolute atomic E-state index is 12.1. The summed E-state index contributed by atoms with van der Waals surface area (Å²) in [4.78, 5) is 12.1. The monoisotopic (exact) mass is 422 g/mol. The van der Waals surface area contributed by atoms with Crippen molar-refractivity contribution in [3.8, 4) is 5.75 Å². The molecule has 0 heterocycles. The zero-order valence-corrected chi connectivity index (χ0v) is 19.4. The molecule has 2 aromatic rings. The maximum atomic E-state index is 12.1. The molecule has 3 rings (SSSR count). The van der Waals surface area contributed by atoms with Gasteiger partial charge in [-0.1, -0.05) is 88.9 Å². The number of hydrogen-bond acceptors (Lipinski definition) is 3. The fourth-order valence-corrected chi connectivity index (χ4v) is 4.64. The highest BCUT2D eigenvalue weighted by atomic mass is 16.5. The van der Waals surface area contributed by atoms with E-state index in [1.54, 1.807) is 0 Å². The molecule has 0 aliphatic heterocycles. The van der Waals surface area contributed by atoms with Crippen molar-refractivity contribution in [1.29, 1.82) is 0 Å². The van der Waals surface area contributed by atoms with Crippen molar-refractivity contribution in [2.24, 2.45) is 0 Å². The number of carbonyl (C=O) groups is 1. The Labute approximate surface area is 187 Å². The lowest BCUT2D eigenvalue weighted by atomic mass is 9.77. The van der Waals surface area contributed by atoms with Gasteiger partial charge in [0, 0.05) is 12.8 Å². The van der Waals surface area contributed by atoms with Crippen LogP contribution in [-0.2, 0) is 16.8 Å². The minimum Gasteiger partial charge on any atom is -0.489 e. The van der Waals surface area contributed by atoms with E-state index in [1.165, 1.54) is 31.2 Å². The van der Waals surface area contributed by atoms with Gasteiger partial charge in [0.15, 0.2) is 0 Å². The number of hydrogen-bond donors (Lipinski definition) is 1. The molecule has 1 N–H and O–H groups in total. The van der Waals surface area contributed by atoms with Crippen molar-refractivity contribution in [2.45, 2.75) is 96.2 Å². The summed E-state index contributed by atoms with van der Waals surface area (Å²) in [5, 5.41) is 10.2. The first-order valence-corrected chi connectivity index (χ1v) is 11.9. The lowest BCUT2D eigenvalue weighted by Crippen LogP contribution is -2.25. The second-order valence-electron chi connectivity index (χ2n) is 9.75. The van der Waals surface area contributed by atoms with E-state index >= 15 is 0 Å². The highest BCUT2D eigenvalue weighted by Gasteiger charge is 2.30. The number of aliphatic hydroxyl groups excluding tert-OH is 1. The maximum Gasteiger partial charge on any atom is 0.136 e. The van der Waals surface area contributed by atoms with Gasteiger partial charge in [0.05, 0.1) is 6.10 Å². The summed E-state index contributed by atoms with van der Waals surface area (Å²) in [5.41, 5.74) is 3.52. The normalized spacial score (nSPS) is 19.4. The summed E-state index contributed by atoms with van der Waals surface area (Å²) in [7, 11) is 0. The Morgan fingerprint density at radius 2 is 1.81 bits per heavy atom. The van der Waals surface area contributed by atoms with Crippen LogP contribution in [0.2, 0.25) is 0 Å². The molecule has 0 amide bonds. The first-order valence-electron chi connectivity index (χ1n) is 11.9. The van der Waals surface area contributed by atoms with Gasteiger partial charge in [-0.3, -0.25) is 4.79 Å². The van der Waals surface area contributed by atoms with Crippen LogP contribution in [0.15, 0.2) is 48.5 Å². The third-order valence-electron chi connectivity index (χ3n) is 6.62. The molecule has 0 spiro atoms. The third kappa shape index (κ3) is 6.67. The highest BCUT2D eigenvalue weighted by Crippen LogP contribution is 2.40. The minimum atomic E-state index is -0.553. The molecule has 2 aromatic carbocycles. The van der Waals surface area contributed by atoms with Crippen LogP contribution in [-0.4, -0.2) is 17.0 Å². The standard InChI is InChI=1S/C28H38O3/c1-4-5-6-10-15-28(2,3)23-13-14-26(22-16-24(29)19-25(30)17-22)27(18-23)31-20-21-11-8-7-9-12-21/h7-9,11-14,18,22,24,29H,4-6,10,15-17,19-20H2,1-3H3. The average Bonchev–Trinajstić information content (AvgIpc) is 2.75. The van der Waals surface area contributed by atoms with Crippen LogP contribution in [0.1, 0.15) is 94.7 Å². The Bertz CT molecular complexity index is 841. The van der Waals surface area contributed by atoms with E-state index < -0.39 is 6.10 Å². The van der Waals surface area contributed by atoms with E-state index in [2.05, 4.69) is 51.1 Å². The predicted octanol–water partition coefficient (Wildman–Crippen LogP) is 6.71. The number of ether oxygens (including phenoxy) is 1. The number of rotatable bonds is 10. The molecule has 2 unspecified atom stereocenters. The van der Waals surface area contributed by atoms with Gasteiger partial charge in [0.25, 0.3) is 0 Å². The summed E-state index contributed by atoms with van der Waals surface area (Å²) in [6.07, 6.45) is 7.01. The zero-order chi connectivity index (χ0) is 22.3. The minimum absolute atomic E-state index is 0.0174. The summed E-state index contributed by atoms with van der Waals surface area (Å²) in [6.45, 7) is 7.36. The van der Waals surface area contributed by atoms with E-state index in [4.69, 9.17) is 4.74 Å². The molecule has 1 aliphatic rings. The molecule has 3 heteroatoms. The lowest BCUT2D eigenvalue weighted by Gasteiger charge is -2.30. The molecule has 1 saturated carbocycles. The number of ketones is 1. The van der Waals surface area contributed by atoms with Gasteiger partial charge >= 0.3 is 0 Å². The van der Waals surface area contributed by atoms with E-state index in [0.717, 1.165) is 23.3 Å². The summed E-state index contributed by atoms with van der Waals surface area (Å²) < 4.78 is 6.33. The Morgan fingerprint density at radius 3 is 2.52 bits per heavy atom. The third-order valence-corrected chi connectivity index (χ3v) is 6.62. The zero-order valence-electron chi connectivity index (χ0n) is 19.4. The average molecular weight is 423 g/mol. The molecule has 0 bridgehead atoms. The van der Waals surface area contributed by atoms with Crippen molar-refractivity contribution in [3.05, 3.63) is 65.2 Å². The highest BCUT2D eigenvalue weighted by molar-refractivity contribution is 5.81. The lowest BCUT2D eigenvalue weighted by molar-refractivity contribution is -0.123. The van der Waals surface area contributed by atoms with Gasteiger partial charge in [0.1, 0.15) is 18.1 Å². The predicted molar refractivity (Wildman–Crippen MR) is 127 cm³/mol. The van der Waals surface area contributed by atoms with Crippen LogP contribution in [0.3, 0.4) is 0 Å². The van der Waals surface area contributed by atoms with E-state index in [1.807, 2.05) is 18.2 Å². The molecule has 31 heavy (non-hydrogen) atoms. The van der Waals surface area contributed by atoms with E-state index in [-0.39, 0.29) is 23.5 Å². The SMILES string of the molecule is CCCCCCC(C)(C)c1ccc(C2CC(=O)CC(O)C2)c(OCc2ccccc2)c1. The number of benzene rings is 2. The second kappa shape index (κ2) is 10.9. The molecule has 0 radical (unpaired) electrons. The van der Waals surface area contributed by atoms with Crippen LogP contribution < -0.4 is 4.74 Å². The van der Waals surface area contributed by atoms with E-state index in [9.17, 15) is 9.90 Å². The van der Waals surface area contributed by atoms with Gasteiger partial charge in [0.2, 0.25) is 0 Å². The largest absolute Gasteiger partial charge is 0.489 e. The molecule has 1 aliphatic carbocycles. The number of aliphatic hydroxyl groups is 1. The smallest absolute Gasteiger partial charge is 0.136 e. The molecule has 3 nitrogen and oxygen atoms in total. The molecular formula is C28H38O3. The van der Waals surface area contributed by atoms with Gasteiger partial charge < -0.3 is 9.84 Å². The second-order valence-corrected chi connectivity index (χ2v) is 9.75. The fourth-order valence-electron chi connectivity index (χ4n) is 4.64. The van der Waals surface area contributed by atoms with Crippen molar-refractivity contribution < 1.29 is 14.6 Å². The summed E-state index contributed by atoms with van der Waals surface area (Å²) in [6, 6.07) is 16.7. The van der Waals surface area contributed by atoms with Crippen molar-refractivity contribution in [2.75, 3.05) is 0 Å². The van der Waals surface area contributed by atoms with Gasteiger partial charge in [-0.25, -0.2) is 0 Å². The Hall–Kier alpha value is -2.13. The number of unbranched alkanes of at least 4 members (excludes halogenated alkanes) is 3. The Kier molecular flexibility index (Phi) is 8.31. The molecule has 0 saturated heterocycles. The fraction of sp³-hybridized carbons (Fsp3) is 0.536. The molecule has 1 fully saturated rings. The topological polar surface area (TPSA) is 46.5 Å². The summed E-state index contributed by atoms with van der Waals surface area (Å²) >= 11 is 0. The molecule has 168 valence electrons. The van der Waals surface area contributed by atoms with Crippen molar-refractivity contribution >= 4 is 5.78 Å². The van der Waals surface area contributed by atoms with Crippen LogP contribution in [0.4, 0.5) is 0 Å². The first kappa shape index (κ1) is 23.5. The van der Waals surface area contributed by atoms with Crippen LogP contribution in [0.25, 0.3) is 0 Å². The van der Waals surface area contributed by atoms with E-state index in [0.29, 0.717) is 19.4 Å². The first-order chi connectivity index (χ1) is 14.9. The van der Waals surface area contributed by atoms with Gasteiger partial charge in [-0.2, -0.15) is 0 Å².